The van der Waals surface area contributed by atoms with Crippen molar-refractivity contribution in [2.24, 2.45) is 0 Å². The van der Waals surface area contributed by atoms with Crippen LogP contribution in [0.25, 0.3) is 0 Å². The number of amides is 1. The van der Waals surface area contributed by atoms with Crippen molar-refractivity contribution in [3.63, 3.8) is 0 Å². The number of sulfone groups is 1. The number of nitrogens with two attached hydrogens (primary N) is 1. The van der Waals surface area contributed by atoms with Gasteiger partial charge in [0, 0.05) is 25.2 Å². The highest BCUT2D eigenvalue weighted by atomic mass is 32.2. The molecule has 1 aromatic carbocycles. The van der Waals surface area contributed by atoms with Gasteiger partial charge in [0.25, 0.3) is 0 Å². The van der Waals surface area contributed by atoms with Gasteiger partial charge in [-0.05, 0) is 18.2 Å². The van der Waals surface area contributed by atoms with Crippen LogP contribution in [0.1, 0.15) is 12.8 Å². The highest BCUT2D eigenvalue weighted by Crippen LogP contribution is 2.24. The number of carboxylic acid groups (broad SMARTS) is 1. The lowest BCUT2D eigenvalue weighted by Crippen LogP contribution is -2.28. The maximum absolute atomic E-state index is 12.2. The summed E-state index contributed by atoms with van der Waals surface area (Å²) in [4.78, 5) is 21.7. The first-order valence-corrected chi connectivity index (χ1v) is 9.94. The molecule has 0 aliphatic heterocycles. The van der Waals surface area contributed by atoms with Gasteiger partial charge in [0.1, 0.15) is 0 Å². The molecule has 27 heavy (non-hydrogen) atoms. The number of nitrogens with one attached hydrogen (secondary N) is 2. The molecule has 0 spiro atoms. The molecular weight excluding hydrogens is 378 g/mol. The molecular formula is C16H25N3O7S. The monoisotopic (exact) mass is 403 g/mol. The first-order chi connectivity index (χ1) is 12.8. The lowest BCUT2D eigenvalue weighted by molar-refractivity contribution is -0.138. The van der Waals surface area contributed by atoms with Gasteiger partial charge in [0.2, 0.25) is 5.91 Å². The SMILES string of the molecule is Nc1ccc(NCCOCCNC(=O)CCC(=O)O)c(S(=O)(=O)CCO)c1. The lowest BCUT2D eigenvalue weighted by Gasteiger charge is -2.13. The molecule has 1 amide bonds. The van der Waals surface area contributed by atoms with Crippen LogP contribution < -0.4 is 16.4 Å². The van der Waals surface area contributed by atoms with Crippen molar-refractivity contribution < 1.29 is 33.0 Å². The van der Waals surface area contributed by atoms with E-state index in [1.165, 1.54) is 6.07 Å². The van der Waals surface area contributed by atoms with Gasteiger partial charge in [-0.3, -0.25) is 9.59 Å². The van der Waals surface area contributed by atoms with Gasteiger partial charge < -0.3 is 31.3 Å². The summed E-state index contributed by atoms with van der Waals surface area (Å²) < 4.78 is 29.7. The van der Waals surface area contributed by atoms with Gasteiger partial charge in [0.15, 0.2) is 9.84 Å². The Morgan fingerprint density at radius 2 is 1.85 bits per heavy atom. The van der Waals surface area contributed by atoms with Crippen molar-refractivity contribution >= 4 is 33.1 Å². The molecule has 0 saturated heterocycles. The van der Waals surface area contributed by atoms with Crippen LogP contribution in [0.2, 0.25) is 0 Å². The van der Waals surface area contributed by atoms with Crippen LogP contribution in [-0.2, 0) is 24.2 Å². The Labute approximate surface area is 157 Å². The number of hydrogen-bond acceptors (Lipinski definition) is 8. The third-order valence-corrected chi connectivity index (χ3v) is 5.13. The summed E-state index contributed by atoms with van der Waals surface area (Å²) >= 11 is 0. The Morgan fingerprint density at radius 1 is 1.15 bits per heavy atom. The molecule has 0 radical (unpaired) electrons. The van der Waals surface area contributed by atoms with E-state index in [0.717, 1.165) is 0 Å². The molecule has 152 valence electrons. The summed E-state index contributed by atoms with van der Waals surface area (Å²) in [6, 6.07) is 4.44. The number of carboxylic acids is 1. The lowest BCUT2D eigenvalue weighted by atomic mass is 10.3. The van der Waals surface area contributed by atoms with Crippen molar-refractivity contribution in [3.05, 3.63) is 18.2 Å². The molecule has 0 saturated carbocycles. The van der Waals surface area contributed by atoms with Crippen LogP contribution in [0.15, 0.2) is 23.1 Å². The quantitative estimate of drug-likeness (QED) is 0.214. The molecule has 11 heteroatoms. The molecule has 0 fully saturated rings. The molecule has 6 N–H and O–H groups in total. The van der Waals surface area contributed by atoms with Gasteiger partial charge in [-0.2, -0.15) is 0 Å². The van der Waals surface area contributed by atoms with Gasteiger partial charge in [0.05, 0.1) is 42.6 Å². The molecule has 0 heterocycles. The number of ether oxygens (including phenoxy) is 1. The summed E-state index contributed by atoms with van der Waals surface area (Å²) in [6.07, 6.45) is -0.307. The molecule has 1 rings (SSSR count). The first kappa shape index (κ1) is 22.7. The van der Waals surface area contributed by atoms with E-state index in [1.54, 1.807) is 12.1 Å². The van der Waals surface area contributed by atoms with E-state index in [4.69, 9.17) is 20.7 Å². The first-order valence-electron chi connectivity index (χ1n) is 8.29. The van der Waals surface area contributed by atoms with Crippen LogP contribution in [0.4, 0.5) is 11.4 Å². The van der Waals surface area contributed by atoms with Crippen LogP contribution in [0.5, 0.6) is 0 Å². The van der Waals surface area contributed by atoms with Gasteiger partial charge in [-0.1, -0.05) is 0 Å². The Kier molecular flexibility index (Phi) is 9.54. The number of rotatable bonds is 13. The number of nitrogen functional groups attached to an aromatic ring is 1. The maximum atomic E-state index is 12.2. The molecule has 0 aliphatic carbocycles. The summed E-state index contributed by atoms with van der Waals surface area (Å²) in [7, 11) is -3.66. The maximum Gasteiger partial charge on any atom is 0.303 e. The highest BCUT2D eigenvalue weighted by Gasteiger charge is 2.18. The van der Waals surface area contributed by atoms with E-state index in [9.17, 15) is 18.0 Å². The van der Waals surface area contributed by atoms with E-state index in [-0.39, 0.29) is 43.4 Å². The van der Waals surface area contributed by atoms with Crippen molar-refractivity contribution in [2.45, 2.75) is 17.7 Å². The average molecular weight is 403 g/mol. The Balaban J connectivity index is 2.37. The Morgan fingerprint density at radius 3 is 2.52 bits per heavy atom. The number of aliphatic hydroxyl groups is 1. The molecule has 0 unspecified atom stereocenters. The normalized spacial score (nSPS) is 11.1. The summed E-state index contributed by atoms with van der Waals surface area (Å²) in [5.74, 6) is -1.79. The Hall–Kier alpha value is -2.37. The summed E-state index contributed by atoms with van der Waals surface area (Å²) in [5.41, 5.74) is 6.31. The third-order valence-electron chi connectivity index (χ3n) is 3.40. The summed E-state index contributed by atoms with van der Waals surface area (Å²) in [6.45, 7) is 0.569. The number of benzene rings is 1. The molecule has 0 aliphatic rings. The fourth-order valence-electron chi connectivity index (χ4n) is 2.10. The van der Waals surface area contributed by atoms with Crippen LogP contribution in [0.3, 0.4) is 0 Å². The number of hydrogen-bond donors (Lipinski definition) is 5. The second kappa shape index (κ2) is 11.4. The predicted octanol–water partition coefficient (Wildman–Crippen LogP) is -0.556. The molecule has 0 aromatic heterocycles. The van der Waals surface area contributed by atoms with E-state index in [0.29, 0.717) is 17.9 Å². The molecule has 10 nitrogen and oxygen atoms in total. The van der Waals surface area contributed by atoms with Crippen LogP contribution >= 0.6 is 0 Å². The van der Waals surface area contributed by atoms with E-state index in [2.05, 4.69) is 10.6 Å². The largest absolute Gasteiger partial charge is 0.481 e. The predicted molar refractivity (Wildman–Crippen MR) is 99.2 cm³/mol. The van der Waals surface area contributed by atoms with Crippen molar-refractivity contribution in [1.29, 1.82) is 0 Å². The van der Waals surface area contributed by atoms with E-state index >= 15 is 0 Å². The van der Waals surface area contributed by atoms with E-state index < -0.39 is 28.2 Å². The number of aliphatic hydroxyl groups excluding tert-OH is 1. The second-order valence-corrected chi connectivity index (χ2v) is 7.66. The van der Waals surface area contributed by atoms with Crippen molar-refractivity contribution in [3.8, 4) is 0 Å². The van der Waals surface area contributed by atoms with Crippen LogP contribution in [-0.4, -0.2) is 69.2 Å². The number of aliphatic carboxylic acids is 1. The smallest absolute Gasteiger partial charge is 0.303 e. The fourth-order valence-corrected chi connectivity index (χ4v) is 3.36. The van der Waals surface area contributed by atoms with Crippen molar-refractivity contribution in [2.75, 3.05) is 49.7 Å². The Bertz CT molecular complexity index is 738. The molecule has 0 bridgehead atoms. The van der Waals surface area contributed by atoms with Crippen molar-refractivity contribution in [1.82, 2.24) is 5.32 Å². The number of anilines is 2. The zero-order chi connectivity index (χ0) is 20.3. The number of carbonyl (C=O) groups is 2. The minimum absolute atomic E-state index is 0.0160. The summed E-state index contributed by atoms with van der Waals surface area (Å²) in [5, 5.41) is 22.9. The van der Waals surface area contributed by atoms with Gasteiger partial charge in [-0.15, -0.1) is 0 Å². The second-order valence-electron chi connectivity index (χ2n) is 5.58. The molecule has 0 atom stereocenters. The zero-order valence-electron chi connectivity index (χ0n) is 14.8. The minimum Gasteiger partial charge on any atom is -0.481 e. The van der Waals surface area contributed by atoms with Gasteiger partial charge in [-0.25, -0.2) is 8.42 Å². The average Bonchev–Trinajstić information content (AvgIpc) is 2.60. The number of carbonyl (C=O) groups excluding carboxylic acids is 1. The molecule has 1 aromatic rings. The zero-order valence-corrected chi connectivity index (χ0v) is 15.6. The van der Waals surface area contributed by atoms with Crippen LogP contribution in [0, 0.1) is 0 Å². The topological polar surface area (TPSA) is 168 Å². The third kappa shape index (κ3) is 8.71. The van der Waals surface area contributed by atoms with Gasteiger partial charge >= 0.3 is 5.97 Å². The fraction of sp³-hybridized carbons (Fsp3) is 0.500. The standard InChI is InChI=1S/C16H25N3O7S/c17-12-1-2-13(14(11-12)27(24,25)10-7-20)18-5-8-26-9-6-19-15(21)3-4-16(22)23/h1-2,11,18,20H,3-10,17H2,(H,19,21)(H,22,23). The minimum atomic E-state index is -3.66. The van der Waals surface area contributed by atoms with E-state index in [1.807, 2.05) is 0 Å². The highest BCUT2D eigenvalue weighted by molar-refractivity contribution is 7.91.